The number of carbonyl (C=O) groups is 2. The van der Waals surface area contributed by atoms with Gasteiger partial charge in [0.2, 0.25) is 21.8 Å². The molecule has 192 valence electrons. The van der Waals surface area contributed by atoms with Crippen LogP contribution in [0.2, 0.25) is 5.02 Å². The summed E-state index contributed by atoms with van der Waals surface area (Å²) in [5.74, 6) is -0.763. The lowest BCUT2D eigenvalue weighted by molar-refractivity contribution is -0.141. The van der Waals surface area contributed by atoms with E-state index in [1.54, 1.807) is 19.1 Å². The smallest absolute Gasteiger partial charge is 0.244 e. The Labute approximate surface area is 214 Å². The lowest BCUT2D eigenvalue weighted by Crippen LogP contribution is -2.55. The first-order chi connectivity index (χ1) is 16.1. The molecule has 2 rings (SSSR count). The molecule has 2 aromatic carbocycles. The number of halogens is 1. The van der Waals surface area contributed by atoms with Gasteiger partial charge in [0.15, 0.2) is 0 Å². The molecule has 0 aliphatic heterocycles. The minimum Gasteiger partial charge on any atom is -0.350 e. The Morgan fingerprint density at radius 2 is 1.69 bits per heavy atom. The standard InChI is InChI=1S/C26H36ClN3O4S/c1-8-22(25(32)28-26(4,5)6)29(16-20-12-10-9-11-18(20)2)24(31)17-30(35(7,33)34)23-15-21(27)14-13-19(23)3/h9-15,22H,8,16-17H2,1-7H3,(H,28,32). The second-order valence-electron chi connectivity index (χ2n) is 9.81. The lowest BCUT2D eigenvalue weighted by Gasteiger charge is -2.35. The molecule has 1 N–H and O–H groups in total. The number of anilines is 1. The minimum absolute atomic E-state index is 0.174. The molecule has 0 fully saturated rings. The molecule has 9 heteroatoms. The normalized spacial score (nSPS) is 12.7. The lowest BCUT2D eigenvalue weighted by atomic mass is 10.0. The molecule has 0 spiro atoms. The van der Waals surface area contributed by atoms with Gasteiger partial charge in [-0.3, -0.25) is 13.9 Å². The van der Waals surface area contributed by atoms with Crippen molar-refractivity contribution in [3.63, 3.8) is 0 Å². The van der Waals surface area contributed by atoms with Crippen molar-refractivity contribution in [2.75, 3.05) is 17.1 Å². The van der Waals surface area contributed by atoms with Gasteiger partial charge < -0.3 is 10.2 Å². The average Bonchev–Trinajstić information content (AvgIpc) is 2.73. The van der Waals surface area contributed by atoms with Crippen LogP contribution in [0.25, 0.3) is 0 Å². The number of hydrogen-bond donors (Lipinski definition) is 1. The monoisotopic (exact) mass is 521 g/mol. The van der Waals surface area contributed by atoms with Crippen LogP contribution in [0, 0.1) is 13.8 Å². The number of nitrogens with one attached hydrogen (secondary N) is 1. The van der Waals surface area contributed by atoms with E-state index in [-0.39, 0.29) is 12.5 Å². The zero-order chi connectivity index (χ0) is 26.6. The molecule has 0 radical (unpaired) electrons. The fraction of sp³-hybridized carbons (Fsp3) is 0.462. The maximum atomic E-state index is 13.8. The molecule has 2 aromatic rings. The molecule has 2 amide bonds. The SMILES string of the molecule is CCC(C(=O)NC(C)(C)C)N(Cc1ccccc1C)C(=O)CN(c1cc(Cl)ccc1C)S(C)(=O)=O. The van der Waals surface area contributed by atoms with E-state index < -0.39 is 34.1 Å². The summed E-state index contributed by atoms with van der Waals surface area (Å²) >= 11 is 6.14. The Balaban J connectivity index is 2.52. The molecule has 0 heterocycles. The molecular formula is C26H36ClN3O4S. The largest absolute Gasteiger partial charge is 0.350 e. The van der Waals surface area contributed by atoms with Gasteiger partial charge in [-0.05, 0) is 69.9 Å². The quantitative estimate of drug-likeness (QED) is 0.528. The molecule has 1 atom stereocenters. The molecular weight excluding hydrogens is 486 g/mol. The topological polar surface area (TPSA) is 86.8 Å². The summed E-state index contributed by atoms with van der Waals surface area (Å²) < 4.78 is 26.6. The van der Waals surface area contributed by atoms with Gasteiger partial charge in [0.05, 0.1) is 11.9 Å². The molecule has 0 aliphatic carbocycles. The second kappa shape index (κ2) is 11.4. The zero-order valence-electron chi connectivity index (χ0n) is 21.6. The molecule has 7 nitrogen and oxygen atoms in total. The van der Waals surface area contributed by atoms with Crippen LogP contribution in [0.1, 0.15) is 50.8 Å². The van der Waals surface area contributed by atoms with Crippen molar-refractivity contribution in [3.8, 4) is 0 Å². The molecule has 0 saturated heterocycles. The van der Waals surface area contributed by atoms with Crippen LogP contribution in [0.3, 0.4) is 0 Å². The minimum atomic E-state index is -3.82. The number of nitrogens with zero attached hydrogens (tertiary/aromatic N) is 2. The number of aryl methyl sites for hydroxylation is 2. The van der Waals surface area contributed by atoms with Crippen LogP contribution in [-0.2, 0) is 26.2 Å². The number of rotatable bonds is 9. The summed E-state index contributed by atoms with van der Waals surface area (Å²) in [4.78, 5) is 28.4. The molecule has 0 saturated carbocycles. The van der Waals surface area contributed by atoms with Gasteiger partial charge in [-0.25, -0.2) is 8.42 Å². The first-order valence-electron chi connectivity index (χ1n) is 11.5. The van der Waals surface area contributed by atoms with E-state index in [9.17, 15) is 18.0 Å². The predicted molar refractivity (Wildman–Crippen MR) is 142 cm³/mol. The van der Waals surface area contributed by atoms with Crippen LogP contribution in [0.5, 0.6) is 0 Å². The number of carbonyl (C=O) groups excluding carboxylic acids is 2. The predicted octanol–water partition coefficient (Wildman–Crippen LogP) is 4.44. The van der Waals surface area contributed by atoms with E-state index in [1.807, 2.05) is 58.9 Å². The first kappa shape index (κ1) is 28.7. The molecule has 1 unspecified atom stereocenters. The Hall–Kier alpha value is -2.58. The third-order valence-corrected chi connectivity index (χ3v) is 6.97. The van der Waals surface area contributed by atoms with Crippen molar-refractivity contribution >= 4 is 39.1 Å². The summed E-state index contributed by atoms with van der Waals surface area (Å²) in [6.45, 7) is 10.9. The van der Waals surface area contributed by atoms with Gasteiger partial charge in [0, 0.05) is 17.1 Å². The van der Waals surface area contributed by atoms with Crippen molar-refractivity contribution in [1.29, 1.82) is 0 Å². The van der Waals surface area contributed by atoms with Crippen molar-refractivity contribution in [1.82, 2.24) is 10.2 Å². The van der Waals surface area contributed by atoms with E-state index in [4.69, 9.17) is 11.6 Å². The number of benzene rings is 2. The van der Waals surface area contributed by atoms with Crippen LogP contribution in [0.15, 0.2) is 42.5 Å². The molecule has 0 aromatic heterocycles. The van der Waals surface area contributed by atoms with Crippen molar-refractivity contribution in [2.45, 2.75) is 66.1 Å². The maximum absolute atomic E-state index is 13.8. The highest BCUT2D eigenvalue weighted by atomic mass is 35.5. The van der Waals surface area contributed by atoms with Crippen molar-refractivity contribution < 1.29 is 18.0 Å². The highest BCUT2D eigenvalue weighted by Gasteiger charge is 2.33. The van der Waals surface area contributed by atoms with E-state index in [2.05, 4.69) is 5.32 Å². The number of amides is 2. The Bertz CT molecular complexity index is 1180. The molecule has 0 aliphatic rings. The Morgan fingerprint density at radius 3 is 2.23 bits per heavy atom. The zero-order valence-corrected chi connectivity index (χ0v) is 23.1. The van der Waals surface area contributed by atoms with Gasteiger partial charge in [0.25, 0.3) is 0 Å². The Kier molecular flexibility index (Phi) is 9.36. The third kappa shape index (κ3) is 7.97. The van der Waals surface area contributed by atoms with Gasteiger partial charge in [-0.15, -0.1) is 0 Å². The van der Waals surface area contributed by atoms with Crippen molar-refractivity contribution in [2.24, 2.45) is 0 Å². The summed E-state index contributed by atoms with van der Waals surface area (Å²) in [5, 5.41) is 3.32. The van der Waals surface area contributed by atoms with Crippen LogP contribution < -0.4 is 9.62 Å². The van der Waals surface area contributed by atoms with E-state index >= 15 is 0 Å². The number of hydrogen-bond acceptors (Lipinski definition) is 4. The summed E-state index contributed by atoms with van der Waals surface area (Å²) in [5.41, 5.74) is 2.36. The fourth-order valence-corrected chi connectivity index (χ4v) is 4.85. The van der Waals surface area contributed by atoms with Gasteiger partial charge >= 0.3 is 0 Å². The van der Waals surface area contributed by atoms with Crippen LogP contribution in [0.4, 0.5) is 5.69 Å². The van der Waals surface area contributed by atoms with E-state index in [1.165, 1.54) is 11.0 Å². The van der Waals surface area contributed by atoms with Gasteiger partial charge in [0.1, 0.15) is 12.6 Å². The second-order valence-corrected chi connectivity index (χ2v) is 12.2. The fourth-order valence-electron chi connectivity index (χ4n) is 3.79. The van der Waals surface area contributed by atoms with Gasteiger partial charge in [-0.1, -0.05) is 48.9 Å². The summed E-state index contributed by atoms with van der Waals surface area (Å²) in [6.07, 6.45) is 1.42. The van der Waals surface area contributed by atoms with Crippen LogP contribution in [-0.4, -0.2) is 49.5 Å². The summed E-state index contributed by atoms with van der Waals surface area (Å²) in [7, 11) is -3.82. The van der Waals surface area contributed by atoms with E-state index in [0.717, 1.165) is 21.7 Å². The van der Waals surface area contributed by atoms with Crippen LogP contribution >= 0.6 is 11.6 Å². The highest BCUT2D eigenvalue weighted by molar-refractivity contribution is 7.92. The maximum Gasteiger partial charge on any atom is 0.244 e. The molecule has 0 bridgehead atoms. The van der Waals surface area contributed by atoms with Gasteiger partial charge in [-0.2, -0.15) is 0 Å². The first-order valence-corrected chi connectivity index (χ1v) is 13.8. The summed E-state index contributed by atoms with van der Waals surface area (Å²) in [6, 6.07) is 11.7. The average molecular weight is 522 g/mol. The third-order valence-electron chi connectivity index (χ3n) is 5.61. The van der Waals surface area contributed by atoms with Crippen molar-refractivity contribution in [3.05, 3.63) is 64.2 Å². The van der Waals surface area contributed by atoms with E-state index in [0.29, 0.717) is 22.7 Å². The Morgan fingerprint density at radius 1 is 1.06 bits per heavy atom. The highest BCUT2D eigenvalue weighted by Crippen LogP contribution is 2.27. The molecule has 35 heavy (non-hydrogen) atoms. The number of sulfonamides is 1.